The van der Waals surface area contributed by atoms with E-state index in [2.05, 4.69) is 36.3 Å². The number of hydrogen-bond acceptors (Lipinski definition) is 4. The molecule has 1 amide bonds. The van der Waals surface area contributed by atoms with E-state index in [4.69, 9.17) is 0 Å². The van der Waals surface area contributed by atoms with Crippen molar-refractivity contribution in [2.45, 2.75) is 33.6 Å². The number of aromatic nitrogens is 1. The molecule has 130 valence electrons. The van der Waals surface area contributed by atoms with Crippen LogP contribution in [-0.2, 0) is 9.53 Å². The molecule has 0 aliphatic heterocycles. The van der Waals surface area contributed by atoms with Gasteiger partial charge in [0.15, 0.2) is 0 Å². The SMILES string of the molecule is CC(C)(C)CC(=O)Nc1cc(Br)cnc1NCCOC(F)(F)F. The van der Waals surface area contributed by atoms with Crippen molar-refractivity contribution >= 4 is 33.3 Å². The Morgan fingerprint density at radius 3 is 2.57 bits per heavy atom. The number of amides is 1. The lowest BCUT2D eigenvalue weighted by molar-refractivity contribution is -0.322. The second-order valence-corrected chi connectivity index (χ2v) is 6.97. The first kappa shape index (κ1) is 19.7. The second-order valence-electron chi connectivity index (χ2n) is 6.06. The summed E-state index contributed by atoms with van der Waals surface area (Å²) in [4.78, 5) is 16.0. The van der Waals surface area contributed by atoms with E-state index in [1.54, 1.807) is 6.07 Å². The summed E-state index contributed by atoms with van der Waals surface area (Å²) >= 11 is 3.24. The number of ether oxygens (including phenoxy) is 1. The molecule has 1 aromatic heterocycles. The number of rotatable bonds is 6. The molecule has 0 atom stereocenters. The Labute approximate surface area is 141 Å². The minimum absolute atomic E-state index is 0.101. The van der Waals surface area contributed by atoms with Crippen molar-refractivity contribution in [3.63, 3.8) is 0 Å². The molecule has 2 N–H and O–H groups in total. The molecule has 5 nitrogen and oxygen atoms in total. The molecule has 23 heavy (non-hydrogen) atoms. The first-order valence-corrected chi connectivity index (χ1v) is 7.65. The third-order valence-electron chi connectivity index (χ3n) is 2.48. The van der Waals surface area contributed by atoms with E-state index in [0.29, 0.717) is 16.6 Å². The van der Waals surface area contributed by atoms with Crippen molar-refractivity contribution in [3.05, 3.63) is 16.7 Å². The van der Waals surface area contributed by atoms with Gasteiger partial charge in [-0.05, 0) is 27.4 Å². The average molecular weight is 398 g/mol. The highest BCUT2D eigenvalue weighted by atomic mass is 79.9. The van der Waals surface area contributed by atoms with Gasteiger partial charge in [0.1, 0.15) is 5.82 Å². The molecule has 0 bridgehead atoms. The van der Waals surface area contributed by atoms with Crippen LogP contribution in [0, 0.1) is 5.41 Å². The molecule has 0 spiro atoms. The number of hydrogen-bond donors (Lipinski definition) is 2. The van der Waals surface area contributed by atoms with Crippen LogP contribution in [0.5, 0.6) is 0 Å². The molecule has 1 heterocycles. The van der Waals surface area contributed by atoms with Crippen LogP contribution in [0.2, 0.25) is 0 Å². The Morgan fingerprint density at radius 1 is 1.35 bits per heavy atom. The lowest BCUT2D eigenvalue weighted by Gasteiger charge is -2.18. The minimum Gasteiger partial charge on any atom is -0.366 e. The van der Waals surface area contributed by atoms with Crippen molar-refractivity contribution in [1.29, 1.82) is 0 Å². The third kappa shape index (κ3) is 8.75. The lowest BCUT2D eigenvalue weighted by atomic mass is 9.92. The first-order chi connectivity index (χ1) is 10.5. The van der Waals surface area contributed by atoms with Gasteiger partial charge < -0.3 is 10.6 Å². The summed E-state index contributed by atoms with van der Waals surface area (Å²) in [5, 5.41) is 5.42. The Morgan fingerprint density at radius 2 is 2.00 bits per heavy atom. The number of pyridine rings is 1. The number of alkyl halides is 3. The summed E-state index contributed by atoms with van der Waals surface area (Å²) in [6.07, 6.45) is -2.89. The highest BCUT2D eigenvalue weighted by Gasteiger charge is 2.28. The molecule has 0 radical (unpaired) electrons. The molecule has 0 fully saturated rings. The van der Waals surface area contributed by atoms with Gasteiger partial charge in [-0.1, -0.05) is 20.8 Å². The van der Waals surface area contributed by atoms with Crippen LogP contribution in [0.1, 0.15) is 27.2 Å². The number of halogens is 4. The lowest BCUT2D eigenvalue weighted by Crippen LogP contribution is -2.22. The van der Waals surface area contributed by atoms with Gasteiger partial charge in [-0.25, -0.2) is 4.98 Å². The number of carbonyl (C=O) groups excluding carboxylic acids is 1. The zero-order chi connectivity index (χ0) is 17.7. The highest BCUT2D eigenvalue weighted by Crippen LogP contribution is 2.25. The van der Waals surface area contributed by atoms with E-state index >= 15 is 0 Å². The molecule has 0 saturated carbocycles. The van der Waals surface area contributed by atoms with Crippen molar-refractivity contribution in [2.24, 2.45) is 5.41 Å². The molecule has 0 aliphatic rings. The number of anilines is 2. The van der Waals surface area contributed by atoms with Crippen LogP contribution in [-0.4, -0.2) is 30.4 Å². The third-order valence-corrected chi connectivity index (χ3v) is 2.91. The number of nitrogens with one attached hydrogen (secondary N) is 2. The van der Waals surface area contributed by atoms with Gasteiger partial charge in [0.05, 0.1) is 12.3 Å². The standard InChI is InChI=1S/C14H19BrF3N3O2/c1-13(2,3)7-11(22)21-10-6-9(15)8-20-12(10)19-4-5-23-14(16,17)18/h6,8H,4-5,7H2,1-3H3,(H,19,20)(H,21,22). The molecule has 0 saturated heterocycles. The van der Waals surface area contributed by atoms with Gasteiger partial charge in [0, 0.05) is 23.6 Å². The van der Waals surface area contributed by atoms with Gasteiger partial charge >= 0.3 is 6.36 Å². The Kier molecular flexibility index (Phi) is 6.82. The van der Waals surface area contributed by atoms with Gasteiger partial charge in [0.2, 0.25) is 5.91 Å². The normalized spacial score (nSPS) is 12.1. The molecule has 0 aromatic carbocycles. The van der Waals surface area contributed by atoms with Gasteiger partial charge in [-0.2, -0.15) is 0 Å². The summed E-state index contributed by atoms with van der Waals surface area (Å²) < 4.78 is 40.1. The van der Waals surface area contributed by atoms with E-state index in [0.717, 1.165) is 0 Å². The fourth-order valence-corrected chi connectivity index (χ4v) is 2.02. The molecule has 1 rings (SSSR count). The molecule has 9 heteroatoms. The number of carbonyl (C=O) groups is 1. The molecule has 1 aromatic rings. The van der Waals surface area contributed by atoms with E-state index in [-0.39, 0.29) is 23.7 Å². The van der Waals surface area contributed by atoms with E-state index in [1.165, 1.54) is 6.20 Å². The van der Waals surface area contributed by atoms with E-state index in [1.807, 2.05) is 20.8 Å². The quantitative estimate of drug-likeness (QED) is 0.707. The highest BCUT2D eigenvalue weighted by molar-refractivity contribution is 9.10. The zero-order valence-electron chi connectivity index (χ0n) is 13.1. The van der Waals surface area contributed by atoms with Crippen LogP contribution in [0.25, 0.3) is 0 Å². The van der Waals surface area contributed by atoms with Crippen LogP contribution < -0.4 is 10.6 Å². The van der Waals surface area contributed by atoms with Crippen LogP contribution in [0.15, 0.2) is 16.7 Å². The summed E-state index contributed by atoms with van der Waals surface area (Å²) in [6.45, 7) is 5.13. The van der Waals surface area contributed by atoms with Gasteiger partial charge in [0.25, 0.3) is 0 Å². The smallest absolute Gasteiger partial charge is 0.366 e. The Balaban J connectivity index is 2.68. The maximum Gasteiger partial charge on any atom is 0.522 e. The van der Waals surface area contributed by atoms with Gasteiger partial charge in [-0.3, -0.25) is 9.53 Å². The predicted molar refractivity (Wildman–Crippen MR) is 85.1 cm³/mol. The fourth-order valence-electron chi connectivity index (χ4n) is 1.69. The average Bonchev–Trinajstić information content (AvgIpc) is 2.33. The van der Waals surface area contributed by atoms with Crippen LogP contribution >= 0.6 is 15.9 Å². The summed E-state index contributed by atoms with van der Waals surface area (Å²) in [5.74, 6) is 0.0771. The molecular weight excluding hydrogens is 379 g/mol. The first-order valence-electron chi connectivity index (χ1n) is 6.86. The zero-order valence-corrected chi connectivity index (χ0v) is 14.6. The summed E-state index contributed by atoms with van der Waals surface area (Å²) in [5.41, 5.74) is 0.207. The van der Waals surface area contributed by atoms with Crippen molar-refractivity contribution in [3.8, 4) is 0 Å². The van der Waals surface area contributed by atoms with Crippen LogP contribution in [0.3, 0.4) is 0 Å². The van der Waals surface area contributed by atoms with Gasteiger partial charge in [-0.15, -0.1) is 13.2 Å². The van der Waals surface area contributed by atoms with Crippen LogP contribution in [0.4, 0.5) is 24.7 Å². The van der Waals surface area contributed by atoms with Crippen molar-refractivity contribution < 1.29 is 22.7 Å². The Bertz CT molecular complexity index is 545. The second kappa shape index (κ2) is 7.96. The predicted octanol–water partition coefficient (Wildman–Crippen LogP) is 4.17. The van der Waals surface area contributed by atoms with Crippen molar-refractivity contribution in [2.75, 3.05) is 23.8 Å². The monoisotopic (exact) mass is 397 g/mol. The summed E-state index contributed by atoms with van der Waals surface area (Å²) in [6, 6.07) is 1.63. The summed E-state index contributed by atoms with van der Waals surface area (Å²) in [7, 11) is 0. The molecule has 0 unspecified atom stereocenters. The fraction of sp³-hybridized carbons (Fsp3) is 0.571. The minimum atomic E-state index is -4.67. The number of nitrogens with zero attached hydrogens (tertiary/aromatic N) is 1. The molecule has 0 aliphatic carbocycles. The van der Waals surface area contributed by atoms with E-state index in [9.17, 15) is 18.0 Å². The topological polar surface area (TPSA) is 63.2 Å². The maximum atomic E-state index is 12.0. The largest absolute Gasteiger partial charge is 0.522 e. The van der Waals surface area contributed by atoms with Crippen molar-refractivity contribution in [1.82, 2.24) is 4.98 Å². The maximum absolute atomic E-state index is 12.0. The molecular formula is C14H19BrF3N3O2. The Hall–Kier alpha value is -1.35. The van der Waals surface area contributed by atoms with E-state index < -0.39 is 13.0 Å².